The molecule has 0 amide bonds. The summed E-state index contributed by atoms with van der Waals surface area (Å²) in [5, 5.41) is 1.48. The Morgan fingerprint density at radius 2 is 1.84 bits per heavy atom. The zero-order valence-electron chi connectivity index (χ0n) is 10.0. The molecule has 0 saturated heterocycles. The Bertz CT molecular complexity index is 767. The number of rotatable bonds is 2. The first-order valence-electron chi connectivity index (χ1n) is 5.90. The first-order chi connectivity index (χ1) is 9.25. The molecular formula is C16H10ClNO. The smallest absolute Gasteiger partial charge is 0.194 e. The number of benzene rings is 2. The van der Waals surface area contributed by atoms with Gasteiger partial charge in [-0.15, -0.1) is 0 Å². The average molecular weight is 268 g/mol. The number of fused-ring (bicyclic) bond motifs is 1. The molecule has 0 atom stereocenters. The summed E-state index contributed by atoms with van der Waals surface area (Å²) in [6.07, 6.45) is 1.71. The molecule has 0 unspecified atom stereocenters. The Balaban J connectivity index is 2.09. The lowest BCUT2D eigenvalue weighted by Crippen LogP contribution is -2.02. The van der Waals surface area contributed by atoms with E-state index in [1.807, 2.05) is 18.2 Å². The number of aromatic nitrogens is 1. The third kappa shape index (κ3) is 2.23. The van der Waals surface area contributed by atoms with Gasteiger partial charge in [0.05, 0.1) is 10.5 Å². The topological polar surface area (TPSA) is 30.0 Å². The lowest BCUT2D eigenvalue weighted by atomic mass is 10.0. The van der Waals surface area contributed by atoms with Crippen LogP contribution >= 0.6 is 11.6 Å². The van der Waals surface area contributed by atoms with Crippen molar-refractivity contribution in [1.82, 2.24) is 4.98 Å². The number of hydrogen-bond donors (Lipinski definition) is 0. The fraction of sp³-hybridized carbons (Fsp3) is 0. The van der Waals surface area contributed by atoms with Crippen molar-refractivity contribution in [3.8, 4) is 0 Å². The van der Waals surface area contributed by atoms with Gasteiger partial charge in [0.1, 0.15) is 0 Å². The summed E-state index contributed by atoms with van der Waals surface area (Å²) in [6, 6.07) is 16.4. The number of pyridine rings is 1. The fourth-order valence-corrected chi connectivity index (χ4v) is 2.23. The predicted molar refractivity (Wildman–Crippen MR) is 76.6 cm³/mol. The van der Waals surface area contributed by atoms with Gasteiger partial charge in [-0.05, 0) is 24.3 Å². The first kappa shape index (κ1) is 11.9. The monoisotopic (exact) mass is 267 g/mol. The molecule has 19 heavy (non-hydrogen) atoms. The van der Waals surface area contributed by atoms with Crippen molar-refractivity contribution in [2.24, 2.45) is 0 Å². The van der Waals surface area contributed by atoms with Crippen molar-refractivity contribution in [2.45, 2.75) is 0 Å². The van der Waals surface area contributed by atoms with Crippen LogP contribution in [0.3, 0.4) is 0 Å². The average Bonchev–Trinajstić information content (AvgIpc) is 2.46. The van der Waals surface area contributed by atoms with Gasteiger partial charge in [-0.25, -0.2) is 0 Å². The van der Waals surface area contributed by atoms with E-state index in [0.717, 1.165) is 10.9 Å². The van der Waals surface area contributed by atoms with Gasteiger partial charge in [0.15, 0.2) is 5.78 Å². The maximum atomic E-state index is 12.4. The summed E-state index contributed by atoms with van der Waals surface area (Å²) in [5.74, 6) is -0.0850. The van der Waals surface area contributed by atoms with E-state index in [4.69, 9.17) is 11.6 Å². The number of carbonyl (C=O) groups excluding carboxylic acids is 1. The molecule has 0 fully saturated rings. The summed E-state index contributed by atoms with van der Waals surface area (Å²) in [4.78, 5) is 16.7. The van der Waals surface area contributed by atoms with E-state index >= 15 is 0 Å². The van der Waals surface area contributed by atoms with Crippen LogP contribution in [-0.2, 0) is 0 Å². The van der Waals surface area contributed by atoms with E-state index in [2.05, 4.69) is 4.98 Å². The van der Waals surface area contributed by atoms with Crippen LogP contribution in [0, 0.1) is 0 Å². The first-order valence-corrected chi connectivity index (χ1v) is 6.27. The van der Waals surface area contributed by atoms with E-state index < -0.39 is 0 Å². The highest BCUT2D eigenvalue weighted by Crippen LogP contribution is 2.21. The predicted octanol–water partition coefficient (Wildman–Crippen LogP) is 4.12. The quantitative estimate of drug-likeness (QED) is 0.654. The van der Waals surface area contributed by atoms with Crippen molar-refractivity contribution < 1.29 is 4.79 Å². The van der Waals surface area contributed by atoms with Crippen LogP contribution in [0.5, 0.6) is 0 Å². The molecule has 0 spiro atoms. The van der Waals surface area contributed by atoms with Crippen molar-refractivity contribution >= 4 is 28.3 Å². The molecule has 3 rings (SSSR count). The fourth-order valence-electron chi connectivity index (χ4n) is 2.01. The molecule has 2 nitrogen and oxygen atoms in total. The Morgan fingerprint density at radius 1 is 1.00 bits per heavy atom. The summed E-state index contributed by atoms with van der Waals surface area (Å²) >= 11 is 6.05. The molecule has 0 N–H and O–H groups in total. The number of halogens is 1. The SMILES string of the molecule is O=C(c1ccc2cccnc2c1)c1ccccc1Cl. The van der Waals surface area contributed by atoms with Gasteiger partial charge in [0.2, 0.25) is 0 Å². The number of nitrogens with zero attached hydrogens (tertiary/aromatic N) is 1. The van der Waals surface area contributed by atoms with Crippen molar-refractivity contribution in [3.63, 3.8) is 0 Å². The molecule has 3 heteroatoms. The summed E-state index contributed by atoms with van der Waals surface area (Å²) in [6.45, 7) is 0. The highest BCUT2D eigenvalue weighted by molar-refractivity contribution is 6.35. The standard InChI is InChI=1S/C16H10ClNO/c17-14-6-2-1-5-13(14)16(19)12-8-7-11-4-3-9-18-15(11)10-12/h1-10H. The molecule has 3 aromatic rings. The largest absolute Gasteiger partial charge is 0.289 e. The second-order valence-corrected chi connectivity index (χ2v) is 4.63. The van der Waals surface area contributed by atoms with Crippen molar-refractivity contribution in [3.05, 3.63) is 76.9 Å². The van der Waals surface area contributed by atoms with Gasteiger partial charge in [-0.2, -0.15) is 0 Å². The van der Waals surface area contributed by atoms with Crippen LogP contribution < -0.4 is 0 Å². The van der Waals surface area contributed by atoms with E-state index in [-0.39, 0.29) is 5.78 Å². The van der Waals surface area contributed by atoms with E-state index in [1.165, 1.54) is 0 Å². The molecule has 1 heterocycles. The van der Waals surface area contributed by atoms with E-state index in [0.29, 0.717) is 16.1 Å². The summed E-state index contributed by atoms with van der Waals surface area (Å²) in [7, 11) is 0. The van der Waals surface area contributed by atoms with Gasteiger partial charge in [-0.3, -0.25) is 9.78 Å². The molecular weight excluding hydrogens is 258 g/mol. The summed E-state index contributed by atoms with van der Waals surface area (Å²) in [5.41, 5.74) is 1.92. The Morgan fingerprint density at radius 3 is 2.68 bits per heavy atom. The van der Waals surface area contributed by atoms with Crippen molar-refractivity contribution in [2.75, 3.05) is 0 Å². The van der Waals surface area contributed by atoms with Crippen LogP contribution in [0.2, 0.25) is 5.02 Å². The zero-order chi connectivity index (χ0) is 13.2. The van der Waals surface area contributed by atoms with Crippen LogP contribution in [-0.4, -0.2) is 10.8 Å². The van der Waals surface area contributed by atoms with Crippen LogP contribution in [0.4, 0.5) is 0 Å². The lowest BCUT2D eigenvalue weighted by Gasteiger charge is -2.04. The highest BCUT2D eigenvalue weighted by atomic mass is 35.5. The van der Waals surface area contributed by atoms with Crippen molar-refractivity contribution in [1.29, 1.82) is 0 Å². The Hall–Kier alpha value is -2.19. The molecule has 0 aliphatic heterocycles. The third-order valence-corrected chi connectivity index (χ3v) is 3.32. The zero-order valence-corrected chi connectivity index (χ0v) is 10.8. The molecule has 0 saturated carbocycles. The molecule has 0 aliphatic rings. The van der Waals surface area contributed by atoms with Crippen LogP contribution in [0.25, 0.3) is 10.9 Å². The highest BCUT2D eigenvalue weighted by Gasteiger charge is 2.12. The Labute approximate surface area is 115 Å². The molecule has 92 valence electrons. The Kier molecular flexibility index (Phi) is 3.02. The van der Waals surface area contributed by atoms with Gasteiger partial charge < -0.3 is 0 Å². The maximum absolute atomic E-state index is 12.4. The summed E-state index contributed by atoms with van der Waals surface area (Å²) < 4.78 is 0. The van der Waals surface area contributed by atoms with Crippen LogP contribution in [0.15, 0.2) is 60.8 Å². The second kappa shape index (κ2) is 4.82. The van der Waals surface area contributed by atoms with Gasteiger partial charge in [0.25, 0.3) is 0 Å². The van der Waals surface area contributed by atoms with Crippen LogP contribution in [0.1, 0.15) is 15.9 Å². The normalized spacial score (nSPS) is 10.6. The molecule has 0 bridgehead atoms. The maximum Gasteiger partial charge on any atom is 0.194 e. The number of ketones is 1. The molecule has 0 aliphatic carbocycles. The number of hydrogen-bond acceptors (Lipinski definition) is 2. The molecule has 0 radical (unpaired) electrons. The van der Waals surface area contributed by atoms with E-state index in [1.54, 1.807) is 42.6 Å². The van der Waals surface area contributed by atoms with Gasteiger partial charge in [0, 0.05) is 22.7 Å². The van der Waals surface area contributed by atoms with E-state index in [9.17, 15) is 4.79 Å². The second-order valence-electron chi connectivity index (χ2n) is 4.22. The van der Waals surface area contributed by atoms with Gasteiger partial charge >= 0.3 is 0 Å². The minimum Gasteiger partial charge on any atom is -0.289 e. The third-order valence-electron chi connectivity index (χ3n) is 2.99. The molecule has 1 aromatic heterocycles. The minimum absolute atomic E-state index is 0.0850. The van der Waals surface area contributed by atoms with Gasteiger partial charge in [-0.1, -0.05) is 41.9 Å². The minimum atomic E-state index is -0.0850. The lowest BCUT2D eigenvalue weighted by molar-refractivity contribution is 0.103. The number of carbonyl (C=O) groups is 1. The molecule has 2 aromatic carbocycles.